The third-order valence-corrected chi connectivity index (χ3v) is 2.75. The first-order valence-corrected chi connectivity index (χ1v) is 5.06. The predicted molar refractivity (Wildman–Crippen MR) is 55.4 cm³/mol. The summed E-state index contributed by atoms with van der Waals surface area (Å²) >= 11 is 0. The first kappa shape index (κ1) is 9.46. The summed E-state index contributed by atoms with van der Waals surface area (Å²) in [6.07, 6.45) is 3.29. The maximum atomic E-state index is 13.5. The molecule has 1 atom stereocenters. The number of nitrogens with two attached hydrogens (primary N) is 1. The van der Waals surface area contributed by atoms with Gasteiger partial charge in [0, 0.05) is 17.3 Å². The lowest BCUT2D eigenvalue weighted by Crippen LogP contribution is -2.28. The molecule has 1 fully saturated rings. The Morgan fingerprint density at radius 2 is 2.21 bits per heavy atom. The van der Waals surface area contributed by atoms with Crippen LogP contribution in [0.15, 0.2) is 18.2 Å². The van der Waals surface area contributed by atoms with Crippen LogP contribution in [0.3, 0.4) is 0 Å². The molecule has 1 saturated heterocycles. The van der Waals surface area contributed by atoms with Crippen molar-refractivity contribution in [3.8, 4) is 0 Å². The Bertz CT molecular complexity index is 299. The van der Waals surface area contributed by atoms with Gasteiger partial charge in [0.15, 0.2) is 0 Å². The highest BCUT2D eigenvalue weighted by atomic mass is 19.1. The predicted octanol–water partition coefficient (Wildman–Crippen LogP) is 2.22. The molecular weight excluding hydrogens is 179 g/mol. The van der Waals surface area contributed by atoms with Gasteiger partial charge in [-0.05, 0) is 31.5 Å². The number of halogens is 1. The SMILES string of the molecule is Nc1cccc(F)c1C1CCCCN1. The lowest BCUT2D eigenvalue weighted by Gasteiger charge is -2.25. The molecule has 14 heavy (non-hydrogen) atoms. The third-order valence-electron chi connectivity index (χ3n) is 2.75. The number of hydrogen-bond donors (Lipinski definition) is 2. The van der Waals surface area contributed by atoms with E-state index in [1.54, 1.807) is 12.1 Å². The van der Waals surface area contributed by atoms with Crippen LogP contribution in [0.4, 0.5) is 10.1 Å². The first-order valence-electron chi connectivity index (χ1n) is 5.06. The molecule has 1 aliphatic rings. The molecule has 3 N–H and O–H groups in total. The third kappa shape index (κ3) is 1.73. The van der Waals surface area contributed by atoms with E-state index in [9.17, 15) is 4.39 Å². The van der Waals surface area contributed by atoms with E-state index in [-0.39, 0.29) is 11.9 Å². The summed E-state index contributed by atoms with van der Waals surface area (Å²) in [6, 6.07) is 4.98. The van der Waals surface area contributed by atoms with Gasteiger partial charge in [-0.1, -0.05) is 12.5 Å². The molecule has 0 spiro atoms. The zero-order valence-corrected chi connectivity index (χ0v) is 8.09. The van der Waals surface area contributed by atoms with Crippen molar-refractivity contribution in [2.45, 2.75) is 25.3 Å². The molecule has 3 heteroatoms. The van der Waals surface area contributed by atoms with E-state index in [0.717, 1.165) is 19.4 Å². The van der Waals surface area contributed by atoms with Crippen LogP contribution >= 0.6 is 0 Å². The van der Waals surface area contributed by atoms with Gasteiger partial charge < -0.3 is 11.1 Å². The van der Waals surface area contributed by atoms with E-state index >= 15 is 0 Å². The number of benzene rings is 1. The number of nitrogens with one attached hydrogen (secondary N) is 1. The zero-order valence-electron chi connectivity index (χ0n) is 8.09. The van der Waals surface area contributed by atoms with E-state index in [0.29, 0.717) is 11.3 Å². The second-order valence-electron chi connectivity index (χ2n) is 3.75. The highest BCUT2D eigenvalue weighted by Crippen LogP contribution is 2.29. The van der Waals surface area contributed by atoms with Gasteiger partial charge in [-0.3, -0.25) is 0 Å². The number of piperidine rings is 1. The summed E-state index contributed by atoms with van der Waals surface area (Å²) in [5.74, 6) is -0.190. The molecule has 0 aromatic heterocycles. The number of anilines is 1. The molecule has 1 unspecified atom stereocenters. The molecule has 2 nitrogen and oxygen atoms in total. The van der Waals surface area contributed by atoms with Crippen LogP contribution in [0.2, 0.25) is 0 Å². The van der Waals surface area contributed by atoms with Crippen LogP contribution < -0.4 is 11.1 Å². The molecule has 0 bridgehead atoms. The minimum absolute atomic E-state index is 0.102. The van der Waals surface area contributed by atoms with Crippen molar-refractivity contribution >= 4 is 5.69 Å². The van der Waals surface area contributed by atoms with Crippen molar-refractivity contribution in [1.82, 2.24) is 5.32 Å². The molecular formula is C11H15FN2. The Hall–Kier alpha value is -1.09. The summed E-state index contributed by atoms with van der Waals surface area (Å²) in [6.45, 7) is 0.957. The Morgan fingerprint density at radius 1 is 1.36 bits per heavy atom. The summed E-state index contributed by atoms with van der Waals surface area (Å²) in [4.78, 5) is 0. The number of hydrogen-bond acceptors (Lipinski definition) is 2. The van der Waals surface area contributed by atoms with E-state index < -0.39 is 0 Å². The Balaban J connectivity index is 2.29. The largest absolute Gasteiger partial charge is 0.398 e. The van der Waals surface area contributed by atoms with Crippen molar-refractivity contribution in [1.29, 1.82) is 0 Å². The molecule has 0 saturated carbocycles. The van der Waals surface area contributed by atoms with Gasteiger partial charge in [-0.15, -0.1) is 0 Å². The Morgan fingerprint density at radius 3 is 2.86 bits per heavy atom. The van der Waals surface area contributed by atoms with Crippen molar-refractivity contribution in [2.75, 3.05) is 12.3 Å². The lowest BCUT2D eigenvalue weighted by atomic mass is 9.96. The number of rotatable bonds is 1. The van der Waals surface area contributed by atoms with Crippen LogP contribution in [-0.2, 0) is 0 Å². The fraction of sp³-hybridized carbons (Fsp3) is 0.455. The summed E-state index contributed by atoms with van der Waals surface area (Å²) in [5.41, 5.74) is 6.98. The molecule has 0 aliphatic carbocycles. The van der Waals surface area contributed by atoms with E-state index in [4.69, 9.17) is 5.73 Å². The van der Waals surface area contributed by atoms with Crippen molar-refractivity contribution in [3.05, 3.63) is 29.6 Å². The molecule has 1 aromatic carbocycles. The molecule has 1 aromatic rings. The smallest absolute Gasteiger partial charge is 0.130 e. The molecule has 0 radical (unpaired) electrons. The van der Waals surface area contributed by atoms with Crippen molar-refractivity contribution < 1.29 is 4.39 Å². The normalized spacial score (nSPS) is 22.2. The highest BCUT2D eigenvalue weighted by Gasteiger charge is 2.19. The zero-order chi connectivity index (χ0) is 9.97. The standard InChI is InChI=1S/C11H15FN2/c12-8-4-3-5-9(13)11(8)10-6-1-2-7-14-10/h3-5,10,14H,1-2,6-7,13H2. The monoisotopic (exact) mass is 194 g/mol. The molecule has 1 heterocycles. The van der Waals surface area contributed by atoms with Crippen molar-refractivity contribution in [3.63, 3.8) is 0 Å². The first-order chi connectivity index (χ1) is 6.79. The van der Waals surface area contributed by atoms with Crippen LogP contribution in [-0.4, -0.2) is 6.54 Å². The second kappa shape index (κ2) is 3.96. The average Bonchev–Trinajstić information content (AvgIpc) is 2.19. The van der Waals surface area contributed by atoms with E-state index in [1.165, 1.54) is 12.5 Å². The van der Waals surface area contributed by atoms with Crippen LogP contribution in [0, 0.1) is 5.82 Å². The molecule has 0 amide bonds. The Kier molecular flexibility index (Phi) is 2.68. The van der Waals surface area contributed by atoms with Gasteiger partial charge in [-0.25, -0.2) is 4.39 Å². The fourth-order valence-corrected chi connectivity index (χ4v) is 2.02. The fourth-order valence-electron chi connectivity index (χ4n) is 2.02. The topological polar surface area (TPSA) is 38.0 Å². The van der Waals surface area contributed by atoms with Gasteiger partial charge in [0.25, 0.3) is 0 Å². The Labute approximate surface area is 83.3 Å². The van der Waals surface area contributed by atoms with Gasteiger partial charge in [-0.2, -0.15) is 0 Å². The van der Waals surface area contributed by atoms with Gasteiger partial charge in [0.1, 0.15) is 5.82 Å². The summed E-state index contributed by atoms with van der Waals surface area (Å²) in [7, 11) is 0. The minimum atomic E-state index is -0.190. The average molecular weight is 194 g/mol. The van der Waals surface area contributed by atoms with Crippen LogP contribution in [0.25, 0.3) is 0 Å². The van der Waals surface area contributed by atoms with E-state index in [1.807, 2.05) is 0 Å². The highest BCUT2D eigenvalue weighted by molar-refractivity contribution is 5.49. The maximum Gasteiger partial charge on any atom is 0.130 e. The van der Waals surface area contributed by atoms with Gasteiger partial charge in [0.05, 0.1) is 0 Å². The minimum Gasteiger partial charge on any atom is -0.398 e. The van der Waals surface area contributed by atoms with Gasteiger partial charge in [0.2, 0.25) is 0 Å². The molecule has 2 rings (SSSR count). The van der Waals surface area contributed by atoms with Crippen LogP contribution in [0.5, 0.6) is 0 Å². The summed E-state index contributed by atoms with van der Waals surface area (Å²) in [5, 5.41) is 3.30. The molecule has 76 valence electrons. The summed E-state index contributed by atoms with van der Waals surface area (Å²) < 4.78 is 13.5. The molecule has 1 aliphatic heterocycles. The van der Waals surface area contributed by atoms with Crippen LogP contribution in [0.1, 0.15) is 30.9 Å². The van der Waals surface area contributed by atoms with E-state index in [2.05, 4.69) is 5.32 Å². The quantitative estimate of drug-likeness (QED) is 0.673. The van der Waals surface area contributed by atoms with Gasteiger partial charge >= 0.3 is 0 Å². The van der Waals surface area contributed by atoms with Crippen molar-refractivity contribution in [2.24, 2.45) is 0 Å². The number of nitrogen functional groups attached to an aromatic ring is 1. The lowest BCUT2D eigenvalue weighted by molar-refractivity contribution is 0.401. The second-order valence-corrected chi connectivity index (χ2v) is 3.75. The maximum absolute atomic E-state index is 13.5.